The van der Waals surface area contributed by atoms with Gasteiger partial charge in [0.15, 0.2) is 0 Å². The Labute approximate surface area is 106 Å². The summed E-state index contributed by atoms with van der Waals surface area (Å²) in [7, 11) is -3.69. The van der Waals surface area contributed by atoms with Gasteiger partial charge in [-0.1, -0.05) is 13.3 Å². The molecule has 0 heterocycles. The van der Waals surface area contributed by atoms with Crippen LogP contribution in [0.3, 0.4) is 0 Å². The molecule has 5 N–H and O–H groups in total. The summed E-state index contributed by atoms with van der Waals surface area (Å²) >= 11 is 0. The third-order valence-electron chi connectivity index (χ3n) is 1.74. The average Bonchev–Trinajstić information content (AvgIpc) is 2.22. The van der Waals surface area contributed by atoms with Gasteiger partial charge in [-0.15, -0.1) is 0 Å². The first-order valence-corrected chi connectivity index (χ1v) is 6.86. The van der Waals surface area contributed by atoms with Gasteiger partial charge in [-0.25, -0.2) is 0 Å². The third kappa shape index (κ3) is 17.2. The lowest BCUT2D eigenvalue weighted by Crippen LogP contribution is -2.30. The molecule has 0 aromatic rings. The van der Waals surface area contributed by atoms with Crippen LogP contribution in [0.1, 0.15) is 32.6 Å². The molecule has 1 atom stereocenters. The molecule has 0 bridgehead atoms. The second-order valence-electron chi connectivity index (χ2n) is 3.52. The van der Waals surface area contributed by atoms with Crippen LogP contribution < -0.4 is 5.73 Å². The van der Waals surface area contributed by atoms with E-state index in [-0.39, 0.29) is 18.6 Å². The Kier molecular flexibility index (Phi) is 10.4. The summed E-state index contributed by atoms with van der Waals surface area (Å²) in [6, 6.07) is -1.06. The third-order valence-corrected chi connectivity index (χ3v) is 2.55. The van der Waals surface area contributed by atoms with E-state index in [1.54, 1.807) is 0 Å². The highest BCUT2D eigenvalue weighted by molar-refractivity contribution is 7.85. The van der Waals surface area contributed by atoms with Crippen molar-refractivity contribution in [2.45, 2.75) is 38.6 Å². The van der Waals surface area contributed by atoms with Crippen LogP contribution in [-0.2, 0) is 19.7 Å². The lowest BCUT2D eigenvalue weighted by Gasteiger charge is -2.01. The molecule has 0 aliphatic heterocycles. The highest BCUT2D eigenvalue weighted by Crippen LogP contribution is 1.93. The number of unbranched alkanes of at least 4 members (excludes halogenated alkanes) is 1. The van der Waals surface area contributed by atoms with E-state index in [0.717, 1.165) is 6.42 Å². The van der Waals surface area contributed by atoms with Crippen LogP contribution in [0.2, 0.25) is 0 Å². The Morgan fingerprint density at radius 1 is 1.28 bits per heavy atom. The summed E-state index contributed by atoms with van der Waals surface area (Å²) in [6.07, 6.45) is 1.11. The van der Waals surface area contributed by atoms with Crippen LogP contribution in [0.5, 0.6) is 0 Å². The fourth-order valence-corrected chi connectivity index (χ4v) is 1.38. The maximum Gasteiger partial charge on any atom is 0.320 e. The first kappa shape index (κ1) is 19.2. The maximum atomic E-state index is 9.99. The molecule has 0 rings (SSSR count). The van der Waals surface area contributed by atoms with E-state index in [9.17, 15) is 18.0 Å². The Morgan fingerprint density at radius 2 is 1.78 bits per heavy atom. The van der Waals surface area contributed by atoms with Crippen LogP contribution in [0.4, 0.5) is 0 Å². The van der Waals surface area contributed by atoms with Crippen molar-refractivity contribution >= 4 is 22.1 Å². The topological polar surface area (TPSA) is 155 Å². The molecule has 0 aromatic heterocycles. The highest BCUT2D eigenvalue weighted by Gasteiger charge is 2.12. The van der Waals surface area contributed by atoms with Crippen molar-refractivity contribution in [1.82, 2.24) is 0 Å². The van der Waals surface area contributed by atoms with Crippen molar-refractivity contribution in [2.24, 2.45) is 5.73 Å². The fraction of sp³-hybridized carbons (Fsp3) is 0.778. The Bertz CT molecular complexity index is 352. The molecule has 0 aliphatic rings. The van der Waals surface area contributed by atoms with Crippen molar-refractivity contribution in [3.63, 3.8) is 0 Å². The predicted molar refractivity (Wildman–Crippen MR) is 63.8 cm³/mol. The molecule has 9 heteroatoms. The minimum absolute atomic E-state index is 0.0231. The van der Waals surface area contributed by atoms with Gasteiger partial charge in [0, 0.05) is 6.42 Å². The zero-order valence-corrected chi connectivity index (χ0v) is 10.9. The number of nitrogens with two attached hydrogens (primary N) is 1. The van der Waals surface area contributed by atoms with E-state index < -0.39 is 28.1 Å². The van der Waals surface area contributed by atoms with Crippen molar-refractivity contribution in [3.8, 4) is 0 Å². The highest BCUT2D eigenvalue weighted by atomic mass is 32.2. The molecule has 108 valence electrons. The largest absolute Gasteiger partial charge is 0.481 e. The Morgan fingerprint density at radius 3 is 2.00 bits per heavy atom. The summed E-state index contributed by atoms with van der Waals surface area (Å²) in [5, 5.41) is 16.3. The van der Waals surface area contributed by atoms with Crippen molar-refractivity contribution in [3.05, 3.63) is 0 Å². The van der Waals surface area contributed by atoms with Crippen LogP contribution >= 0.6 is 0 Å². The Balaban J connectivity index is 0. The first-order chi connectivity index (χ1) is 8.10. The number of rotatable bonds is 7. The van der Waals surface area contributed by atoms with Crippen molar-refractivity contribution < 1.29 is 32.8 Å². The van der Waals surface area contributed by atoms with Gasteiger partial charge in [0.2, 0.25) is 0 Å². The number of aliphatic carboxylic acids is 2. The quantitative estimate of drug-likeness (QED) is 0.474. The number of hydrogen-bond donors (Lipinski definition) is 4. The van der Waals surface area contributed by atoms with Gasteiger partial charge < -0.3 is 15.9 Å². The van der Waals surface area contributed by atoms with E-state index in [0.29, 0.717) is 6.42 Å². The summed E-state index contributed by atoms with van der Waals surface area (Å²) in [5.41, 5.74) is 5.00. The summed E-state index contributed by atoms with van der Waals surface area (Å²) in [6.45, 7) is 1.87. The molecule has 0 aromatic carbocycles. The summed E-state index contributed by atoms with van der Waals surface area (Å²) in [5.74, 6) is -2.30. The minimum atomic E-state index is -3.69. The normalized spacial score (nSPS) is 12.2. The number of carboxylic acids is 2. The van der Waals surface area contributed by atoms with Crippen molar-refractivity contribution in [1.29, 1.82) is 0 Å². The predicted octanol–water partition coefficient (Wildman–Crippen LogP) is -0.0626. The van der Waals surface area contributed by atoms with Gasteiger partial charge in [-0.3, -0.25) is 14.1 Å². The fourth-order valence-electron chi connectivity index (χ4n) is 0.729. The van der Waals surface area contributed by atoms with E-state index in [1.165, 1.54) is 0 Å². The van der Waals surface area contributed by atoms with Gasteiger partial charge in [-0.2, -0.15) is 8.42 Å². The monoisotopic (exact) mass is 285 g/mol. The molecule has 0 fully saturated rings. The molecule has 1 unspecified atom stereocenters. The van der Waals surface area contributed by atoms with Gasteiger partial charge >= 0.3 is 11.9 Å². The van der Waals surface area contributed by atoms with E-state index in [4.69, 9.17) is 20.5 Å². The zero-order valence-electron chi connectivity index (χ0n) is 10.1. The average molecular weight is 285 g/mol. The molecule has 0 saturated carbocycles. The van der Waals surface area contributed by atoms with E-state index >= 15 is 0 Å². The summed E-state index contributed by atoms with van der Waals surface area (Å²) < 4.78 is 28.0. The molecule has 0 amide bonds. The van der Waals surface area contributed by atoms with Crippen LogP contribution in [0.15, 0.2) is 0 Å². The maximum absolute atomic E-state index is 9.99. The van der Waals surface area contributed by atoms with E-state index in [2.05, 4.69) is 0 Å². The minimum Gasteiger partial charge on any atom is -0.481 e. The molecule has 0 spiro atoms. The first-order valence-electron chi connectivity index (χ1n) is 5.25. The molecular formula is C9H19NO7S. The summed E-state index contributed by atoms with van der Waals surface area (Å²) in [4.78, 5) is 19.9. The van der Waals surface area contributed by atoms with Gasteiger partial charge in [0.05, 0.1) is 5.75 Å². The molecular weight excluding hydrogens is 266 g/mol. The molecule has 18 heavy (non-hydrogen) atoms. The van der Waals surface area contributed by atoms with Crippen molar-refractivity contribution in [2.75, 3.05) is 5.75 Å². The smallest absolute Gasteiger partial charge is 0.320 e. The van der Waals surface area contributed by atoms with Gasteiger partial charge in [-0.05, 0) is 12.8 Å². The number of carboxylic acid groups (broad SMARTS) is 2. The van der Waals surface area contributed by atoms with Crippen LogP contribution in [-0.4, -0.2) is 46.9 Å². The molecule has 0 saturated heterocycles. The number of carbonyl (C=O) groups is 2. The zero-order chi connectivity index (χ0) is 14.8. The standard InChI is InChI=1S/C5H9NO4.C4H10O3S/c6-3(5(9)10)1-2-4(7)8;1-2-3-4-8(5,6)7/h3H,1-2,6H2,(H,7,8)(H,9,10);2-4H2,1H3,(H,5,6,7). The second-order valence-corrected chi connectivity index (χ2v) is 5.09. The second kappa shape index (κ2) is 9.80. The molecule has 8 nitrogen and oxygen atoms in total. The SMILES string of the molecule is CCCCS(=O)(=O)O.NC(CCC(=O)O)C(=O)O. The Hall–Kier alpha value is -1.19. The lowest BCUT2D eigenvalue weighted by atomic mass is 10.2. The number of hydrogen-bond acceptors (Lipinski definition) is 5. The van der Waals surface area contributed by atoms with Gasteiger partial charge in [0.1, 0.15) is 6.04 Å². The van der Waals surface area contributed by atoms with Gasteiger partial charge in [0.25, 0.3) is 10.1 Å². The van der Waals surface area contributed by atoms with Crippen LogP contribution in [0.25, 0.3) is 0 Å². The lowest BCUT2D eigenvalue weighted by molar-refractivity contribution is -0.139. The van der Waals surface area contributed by atoms with Crippen LogP contribution in [0, 0.1) is 0 Å². The molecule has 0 aliphatic carbocycles. The molecule has 0 radical (unpaired) electrons. The van der Waals surface area contributed by atoms with E-state index in [1.807, 2.05) is 6.92 Å².